The monoisotopic (exact) mass is 260 g/mol. The minimum atomic E-state index is 0.117. The molecule has 1 aromatic heterocycles. The molecule has 2 aromatic rings. The van der Waals surface area contributed by atoms with Gasteiger partial charge in [0.05, 0.1) is 13.7 Å². The van der Waals surface area contributed by atoms with E-state index in [1.165, 1.54) is 0 Å². The second-order valence-electron chi connectivity index (χ2n) is 4.73. The first-order valence-electron chi connectivity index (χ1n) is 6.47. The van der Waals surface area contributed by atoms with E-state index in [1.54, 1.807) is 13.3 Å². The summed E-state index contributed by atoms with van der Waals surface area (Å²) in [4.78, 5) is 6.58. The summed E-state index contributed by atoms with van der Waals surface area (Å²) in [5, 5.41) is 11.4. The summed E-state index contributed by atoms with van der Waals surface area (Å²) in [5.41, 5.74) is 0. The second kappa shape index (κ2) is 5.89. The molecule has 2 rings (SSSR count). The molecule has 19 heavy (non-hydrogen) atoms. The predicted molar refractivity (Wildman–Crippen MR) is 77.9 cm³/mol. The number of pyridine rings is 1. The van der Waals surface area contributed by atoms with Gasteiger partial charge in [-0.15, -0.1) is 0 Å². The van der Waals surface area contributed by atoms with Gasteiger partial charge in [0, 0.05) is 24.2 Å². The van der Waals surface area contributed by atoms with Crippen LogP contribution < -0.4 is 9.64 Å². The Bertz CT molecular complexity index is 555. The van der Waals surface area contributed by atoms with Crippen molar-refractivity contribution in [2.45, 2.75) is 19.9 Å². The van der Waals surface area contributed by atoms with Gasteiger partial charge in [0.1, 0.15) is 11.6 Å². The number of anilines is 1. The number of aromatic nitrogens is 1. The van der Waals surface area contributed by atoms with Gasteiger partial charge in [-0.2, -0.15) is 0 Å². The van der Waals surface area contributed by atoms with E-state index in [9.17, 15) is 5.11 Å². The highest BCUT2D eigenvalue weighted by Gasteiger charge is 2.14. The summed E-state index contributed by atoms with van der Waals surface area (Å²) in [6.45, 7) is 4.89. The molecule has 4 nitrogen and oxygen atoms in total. The lowest BCUT2D eigenvalue weighted by atomic mass is 10.1. The summed E-state index contributed by atoms with van der Waals surface area (Å²) in [5.74, 6) is 1.74. The molecule has 1 aromatic carbocycles. The van der Waals surface area contributed by atoms with Gasteiger partial charge in [-0.25, -0.2) is 4.98 Å². The Balaban J connectivity index is 2.53. The van der Waals surface area contributed by atoms with Crippen LogP contribution in [-0.2, 0) is 0 Å². The number of fused-ring (bicyclic) bond motifs is 1. The topological polar surface area (TPSA) is 45.6 Å². The highest BCUT2D eigenvalue weighted by Crippen LogP contribution is 2.28. The molecular formula is C15H20N2O2. The lowest BCUT2D eigenvalue weighted by Crippen LogP contribution is -2.34. The van der Waals surface area contributed by atoms with E-state index < -0.39 is 0 Å². The third-order valence-electron chi connectivity index (χ3n) is 3.19. The van der Waals surface area contributed by atoms with Crippen LogP contribution in [0.3, 0.4) is 0 Å². The van der Waals surface area contributed by atoms with Crippen LogP contribution in [-0.4, -0.2) is 36.4 Å². The quantitative estimate of drug-likeness (QED) is 0.897. The molecule has 0 amide bonds. The maximum atomic E-state index is 9.21. The first-order chi connectivity index (χ1) is 9.17. The molecule has 0 aliphatic heterocycles. The molecule has 1 heterocycles. The molecule has 0 saturated heterocycles. The van der Waals surface area contributed by atoms with Gasteiger partial charge < -0.3 is 14.7 Å². The van der Waals surface area contributed by atoms with Crippen molar-refractivity contribution in [3.05, 3.63) is 30.5 Å². The van der Waals surface area contributed by atoms with Crippen LogP contribution in [0.1, 0.15) is 13.8 Å². The average Bonchev–Trinajstić information content (AvgIpc) is 2.43. The van der Waals surface area contributed by atoms with Crippen LogP contribution in [0.25, 0.3) is 10.8 Å². The van der Waals surface area contributed by atoms with Gasteiger partial charge in [-0.05, 0) is 43.5 Å². The molecule has 0 atom stereocenters. The standard InChI is InChI=1S/C15H20N2O2/c1-11(2)17(8-9-18)15-14-5-4-13(19-3)10-12(14)6-7-16-15/h4-7,10-11,18H,8-9H2,1-3H3. The molecule has 0 aliphatic rings. The van der Waals surface area contributed by atoms with E-state index in [1.807, 2.05) is 24.3 Å². The zero-order valence-corrected chi connectivity index (χ0v) is 11.6. The molecule has 0 bridgehead atoms. The number of nitrogens with zero attached hydrogens (tertiary/aromatic N) is 2. The zero-order valence-electron chi connectivity index (χ0n) is 11.6. The minimum Gasteiger partial charge on any atom is -0.497 e. The van der Waals surface area contributed by atoms with Crippen molar-refractivity contribution in [2.75, 3.05) is 25.2 Å². The van der Waals surface area contributed by atoms with Crippen molar-refractivity contribution in [1.82, 2.24) is 4.98 Å². The van der Waals surface area contributed by atoms with Gasteiger partial charge in [-0.1, -0.05) is 0 Å². The van der Waals surface area contributed by atoms with Crippen molar-refractivity contribution in [2.24, 2.45) is 0 Å². The van der Waals surface area contributed by atoms with Crippen LogP contribution in [0.2, 0.25) is 0 Å². The summed E-state index contributed by atoms with van der Waals surface area (Å²) in [6.07, 6.45) is 1.80. The molecule has 0 aliphatic carbocycles. The van der Waals surface area contributed by atoms with Crippen LogP contribution in [0.15, 0.2) is 30.5 Å². The molecule has 1 N–H and O–H groups in total. The van der Waals surface area contributed by atoms with Crippen LogP contribution in [0.5, 0.6) is 5.75 Å². The third-order valence-corrected chi connectivity index (χ3v) is 3.19. The van der Waals surface area contributed by atoms with E-state index in [2.05, 4.69) is 23.7 Å². The summed E-state index contributed by atoms with van der Waals surface area (Å²) in [7, 11) is 1.66. The fraction of sp³-hybridized carbons (Fsp3) is 0.400. The molecule has 0 spiro atoms. The average molecular weight is 260 g/mol. The first-order valence-corrected chi connectivity index (χ1v) is 6.47. The molecule has 0 unspecified atom stereocenters. The second-order valence-corrected chi connectivity index (χ2v) is 4.73. The number of aliphatic hydroxyl groups excluding tert-OH is 1. The Morgan fingerprint density at radius 2 is 2.11 bits per heavy atom. The minimum absolute atomic E-state index is 0.117. The van der Waals surface area contributed by atoms with Crippen LogP contribution in [0.4, 0.5) is 5.82 Å². The Morgan fingerprint density at radius 1 is 1.32 bits per heavy atom. The number of aliphatic hydroxyl groups is 1. The summed E-state index contributed by atoms with van der Waals surface area (Å²) in [6, 6.07) is 8.21. The third kappa shape index (κ3) is 2.79. The number of ether oxygens (including phenoxy) is 1. The van der Waals surface area contributed by atoms with E-state index in [0.717, 1.165) is 22.3 Å². The Labute approximate surface area is 113 Å². The van der Waals surface area contributed by atoms with Crippen molar-refractivity contribution in [1.29, 1.82) is 0 Å². The molecule has 0 saturated carbocycles. The van der Waals surface area contributed by atoms with Gasteiger partial charge >= 0.3 is 0 Å². The number of methoxy groups -OCH3 is 1. The molecule has 0 fully saturated rings. The Morgan fingerprint density at radius 3 is 2.74 bits per heavy atom. The zero-order chi connectivity index (χ0) is 13.8. The maximum absolute atomic E-state index is 9.21. The number of rotatable bonds is 5. The van der Waals surface area contributed by atoms with E-state index >= 15 is 0 Å². The van der Waals surface area contributed by atoms with Crippen LogP contribution in [0, 0.1) is 0 Å². The predicted octanol–water partition coefficient (Wildman–Crippen LogP) is 2.45. The van der Waals surface area contributed by atoms with E-state index in [4.69, 9.17) is 4.74 Å². The Hall–Kier alpha value is -1.81. The summed E-state index contributed by atoms with van der Waals surface area (Å²) >= 11 is 0. The van der Waals surface area contributed by atoms with Gasteiger partial charge in [0.2, 0.25) is 0 Å². The summed E-state index contributed by atoms with van der Waals surface area (Å²) < 4.78 is 5.24. The highest BCUT2D eigenvalue weighted by atomic mass is 16.5. The van der Waals surface area contributed by atoms with Crippen LogP contribution >= 0.6 is 0 Å². The van der Waals surface area contributed by atoms with Crippen molar-refractivity contribution >= 4 is 16.6 Å². The lowest BCUT2D eigenvalue weighted by molar-refractivity contribution is 0.299. The SMILES string of the molecule is COc1ccc2c(N(CCO)C(C)C)nccc2c1. The number of hydrogen-bond donors (Lipinski definition) is 1. The fourth-order valence-corrected chi connectivity index (χ4v) is 2.21. The van der Waals surface area contributed by atoms with Crippen molar-refractivity contribution < 1.29 is 9.84 Å². The number of benzene rings is 1. The molecule has 102 valence electrons. The van der Waals surface area contributed by atoms with Crippen molar-refractivity contribution in [3.8, 4) is 5.75 Å². The van der Waals surface area contributed by atoms with Crippen molar-refractivity contribution in [3.63, 3.8) is 0 Å². The largest absolute Gasteiger partial charge is 0.497 e. The normalized spacial score (nSPS) is 11.0. The maximum Gasteiger partial charge on any atom is 0.136 e. The van der Waals surface area contributed by atoms with E-state index in [-0.39, 0.29) is 12.6 Å². The molecule has 4 heteroatoms. The lowest BCUT2D eigenvalue weighted by Gasteiger charge is -2.28. The Kier molecular flexibility index (Phi) is 4.22. The van der Waals surface area contributed by atoms with Gasteiger partial charge in [-0.3, -0.25) is 0 Å². The van der Waals surface area contributed by atoms with Gasteiger partial charge in [0.25, 0.3) is 0 Å². The first kappa shape index (κ1) is 13.6. The molecular weight excluding hydrogens is 240 g/mol. The smallest absolute Gasteiger partial charge is 0.136 e. The van der Waals surface area contributed by atoms with Gasteiger partial charge in [0.15, 0.2) is 0 Å². The number of hydrogen-bond acceptors (Lipinski definition) is 4. The fourth-order valence-electron chi connectivity index (χ4n) is 2.21. The highest BCUT2D eigenvalue weighted by molar-refractivity contribution is 5.93. The van der Waals surface area contributed by atoms with E-state index in [0.29, 0.717) is 6.54 Å². The molecule has 0 radical (unpaired) electrons.